The van der Waals surface area contributed by atoms with Crippen LogP contribution in [0, 0.1) is 5.92 Å². The van der Waals surface area contributed by atoms with E-state index in [9.17, 15) is 0 Å². The second kappa shape index (κ2) is 4.67. The lowest BCUT2D eigenvalue weighted by molar-refractivity contribution is 0.182. The van der Waals surface area contributed by atoms with Gasteiger partial charge >= 0.3 is 0 Å². The Morgan fingerprint density at radius 2 is 2.23 bits per heavy atom. The molecule has 1 heterocycles. The molecule has 1 saturated heterocycles. The summed E-state index contributed by atoms with van der Waals surface area (Å²) in [6, 6.07) is 0. The van der Waals surface area contributed by atoms with Crippen LogP contribution in [0.15, 0.2) is 0 Å². The van der Waals surface area contributed by atoms with Crippen LogP contribution in [0.1, 0.15) is 19.3 Å². The van der Waals surface area contributed by atoms with Crippen LogP contribution >= 0.6 is 11.8 Å². The van der Waals surface area contributed by atoms with E-state index in [0.29, 0.717) is 5.25 Å². The van der Waals surface area contributed by atoms with E-state index >= 15 is 0 Å². The number of thioether (sulfide) groups is 1. The van der Waals surface area contributed by atoms with E-state index in [0.717, 1.165) is 12.5 Å². The fraction of sp³-hybridized carbons (Fsp3) is 1.00. The van der Waals surface area contributed by atoms with E-state index < -0.39 is 0 Å². The molecule has 0 aromatic rings. The van der Waals surface area contributed by atoms with Gasteiger partial charge in [-0.3, -0.25) is 0 Å². The summed E-state index contributed by atoms with van der Waals surface area (Å²) in [4.78, 5) is 2.62. The van der Waals surface area contributed by atoms with Crippen LogP contribution in [-0.4, -0.2) is 42.1 Å². The molecule has 2 aliphatic rings. The number of hydrogen-bond donors (Lipinski definition) is 1. The number of nitrogens with zero attached hydrogens (tertiary/aromatic N) is 1. The second-order valence-electron chi connectivity index (χ2n) is 4.29. The first-order chi connectivity index (χ1) is 6.38. The minimum Gasteiger partial charge on any atom is -0.329 e. The second-order valence-corrected chi connectivity index (χ2v) is 5.69. The lowest BCUT2D eigenvalue weighted by Crippen LogP contribution is -2.44. The van der Waals surface area contributed by atoms with E-state index in [1.807, 2.05) is 0 Å². The van der Waals surface area contributed by atoms with Crippen LogP contribution in [0.2, 0.25) is 0 Å². The molecule has 13 heavy (non-hydrogen) atoms. The molecule has 1 aliphatic heterocycles. The summed E-state index contributed by atoms with van der Waals surface area (Å²) < 4.78 is 0. The molecular weight excluding hydrogens is 180 g/mol. The van der Waals surface area contributed by atoms with E-state index in [1.54, 1.807) is 0 Å². The molecule has 0 amide bonds. The van der Waals surface area contributed by atoms with E-state index in [2.05, 4.69) is 16.7 Å². The van der Waals surface area contributed by atoms with Gasteiger partial charge in [0.2, 0.25) is 0 Å². The van der Waals surface area contributed by atoms with E-state index in [-0.39, 0.29) is 0 Å². The van der Waals surface area contributed by atoms with Gasteiger partial charge in [0.25, 0.3) is 0 Å². The molecule has 2 N–H and O–H groups in total. The summed E-state index contributed by atoms with van der Waals surface area (Å²) in [6.07, 6.45) is 4.40. The molecule has 3 heteroatoms. The van der Waals surface area contributed by atoms with E-state index in [1.165, 1.54) is 44.6 Å². The third-order valence-corrected chi connectivity index (χ3v) is 4.46. The molecule has 2 nitrogen and oxygen atoms in total. The first-order valence-corrected chi connectivity index (χ1v) is 6.47. The van der Waals surface area contributed by atoms with Crippen LogP contribution in [-0.2, 0) is 0 Å². The van der Waals surface area contributed by atoms with Gasteiger partial charge in [0, 0.05) is 37.2 Å². The van der Waals surface area contributed by atoms with Gasteiger partial charge in [0.1, 0.15) is 0 Å². The predicted octanol–water partition coefficient (Wildman–Crippen LogP) is 1.16. The van der Waals surface area contributed by atoms with Crippen LogP contribution in [0.3, 0.4) is 0 Å². The number of hydrogen-bond acceptors (Lipinski definition) is 3. The van der Waals surface area contributed by atoms with Gasteiger partial charge < -0.3 is 10.6 Å². The molecule has 0 aromatic heterocycles. The van der Waals surface area contributed by atoms with Crippen molar-refractivity contribution in [3.05, 3.63) is 0 Å². The molecule has 0 spiro atoms. The van der Waals surface area contributed by atoms with Gasteiger partial charge in [-0.2, -0.15) is 11.8 Å². The Labute approximate surface area is 85.2 Å². The minimum atomic E-state index is 0.703. The van der Waals surface area contributed by atoms with E-state index in [4.69, 9.17) is 5.73 Å². The van der Waals surface area contributed by atoms with Crippen molar-refractivity contribution >= 4 is 11.8 Å². The summed E-state index contributed by atoms with van der Waals surface area (Å²) in [5.74, 6) is 2.30. The molecular formula is C10H20N2S. The van der Waals surface area contributed by atoms with Gasteiger partial charge in [-0.05, 0) is 18.8 Å². The Kier molecular flexibility index (Phi) is 3.52. The Bertz CT molecular complexity index is 157. The fourth-order valence-electron chi connectivity index (χ4n) is 2.13. The van der Waals surface area contributed by atoms with Crippen molar-refractivity contribution in [1.29, 1.82) is 0 Å². The maximum atomic E-state index is 5.70. The third-order valence-electron chi connectivity index (χ3n) is 3.23. The van der Waals surface area contributed by atoms with Crippen molar-refractivity contribution in [2.24, 2.45) is 11.7 Å². The Hall–Kier alpha value is 0.270. The van der Waals surface area contributed by atoms with Crippen LogP contribution < -0.4 is 5.73 Å². The summed E-state index contributed by atoms with van der Waals surface area (Å²) in [7, 11) is 0. The van der Waals surface area contributed by atoms with Gasteiger partial charge in [-0.15, -0.1) is 0 Å². The summed E-state index contributed by atoms with van der Waals surface area (Å²) in [6.45, 7) is 4.72. The average Bonchev–Trinajstić information content (AvgIpc) is 2.12. The van der Waals surface area contributed by atoms with Crippen molar-refractivity contribution in [1.82, 2.24) is 4.90 Å². The molecule has 76 valence electrons. The topological polar surface area (TPSA) is 29.3 Å². The van der Waals surface area contributed by atoms with Gasteiger partial charge in [-0.1, -0.05) is 6.42 Å². The zero-order valence-corrected chi connectivity index (χ0v) is 9.06. The highest BCUT2D eigenvalue weighted by Gasteiger charge is 2.24. The summed E-state index contributed by atoms with van der Waals surface area (Å²) in [5, 5.41) is 0.703. The van der Waals surface area contributed by atoms with Gasteiger partial charge in [0.05, 0.1) is 0 Å². The molecule has 1 unspecified atom stereocenters. The third kappa shape index (κ3) is 2.61. The van der Waals surface area contributed by atoms with Crippen LogP contribution in [0.5, 0.6) is 0 Å². The fourth-order valence-corrected chi connectivity index (χ4v) is 3.28. The van der Waals surface area contributed by atoms with Crippen molar-refractivity contribution in [3.8, 4) is 0 Å². The minimum absolute atomic E-state index is 0.703. The molecule has 2 fully saturated rings. The quantitative estimate of drug-likeness (QED) is 0.741. The maximum Gasteiger partial charge on any atom is 0.0298 e. The first kappa shape index (κ1) is 9.81. The van der Waals surface area contributed by atoms with Gasteiger partial charge in [0.15, 0.2) is 0 Å². The highest BCUT2D eigenvalue weighted by Crippen LogP contribution is 2.28. The normalized spacial score (nSPS) is 31.6. The lowest BCUT2D eigenvalue weighted by Gasteiger charge is -2.36. The Morgan fingerprint density at radius 1 is 1.38 bits per heavy atom. The SMILES string of the molecule is NCC1CN(CC2CCC2)CCS1. The molecule has 0 bridgehead atoms. The molecule has 0 aromatic carbocycles. The zero-order chi connectivity index (χ0) is 9.10. The molecule has 1 atom stereocenters. The van der Waals surface area contributed by atoms with Gasteiger partial charge in [-0.25, -0.2) is 0 Å². The molecule has 1 aliphatic carbocycles. The first-order valence-electron chi connectivity index (χ1n) is 5.42. The smallest absolute Gasteiger partial charge is 0.0298 e. The summed E-state index contributed by atoms with van der Waals surface area (Å²) >= 11 is 2.05. The Morgan fingerprint density at radius 3 is 2.85 bits per heavy atom. The highest BCUT2D eigenvalue weighted by atomic mass is 32.2. The highest BCUT2D eigenvalue weighted by molar-refractivity contribution is 8.00. The Balaban J connectivity index is 1.71. The number of rotatable bonds is 3. The average molecular weight is 200 g/mol. The van der Waals surface area contributed by atoms with Crippen molar-refractivity contribution in [3.63, 3.8) is 0 Å². The summed E-state index contributed by atoms with van der Waals surface area (Å²) in [5.41, 5.74) is 5.70. The lowest BCUT2D eigenvalue weighted by atomic mass is 9.85. The largest absolute Gasteiger partial charge is 0.329 e. The number of nitrogens with two attached hydrogens (primary N) is 1. The zero-order valence-electron chi connectivity index (χ0n) is 8.24. The maximum absolute atomic E-state index is 5.70. The molecule has 2 rings (SSSR count). The standard InChI is InChI=1S/C10H20N2S/c11-6-10-8-12(4-5-13-10)7-9-2-1-3-9/h9-10H,1-8,11H2. The van der Waals surface area contributed by atoms with Crippen molar-refractivity contribution < 1.29 is 0 Å². The monoisotopic (exact) mass is 200 g/mol. The predicted molar refractivity (Wildman–Crippen MR) is 59.1 cm³/mol. The van der Waals surface area contributed by atoms with Crippen LogP contribution in [0.25, 0.3) is 0 Å². The van der Waals surface area contributed by atoms with Crippen molar-refractivity contribution in [2.75, 3.05) is 31.9 Å². The molecule has 0 radical (unpaired) electrons. The molecule has 1 saturated carbocycles. The van der Waals surface area contributed by atoms with Crippen LogP contribution in [0.4, 0.5) is 0 Å². The van der Waals surface area contributed by atoms with Crippen molar-refractivity contribution in [2.45, 2.75) is 24.5 Å².